The number of ether oxygens (including phenoxy) is 1. The van der Waals surface area contributed by atoms with Gasteiger partial charge in [-0.15, -0.1) is 0 Å². The van der Waals surface area contributed by atoms with Crippen molar-refractivity contribution >= 4 is 35.0 Å². The van der Waals surface area contributed by atoms with E-state index in [0.717, 1.165) is 54.6 Å². The maximum absolute atomic E-state index is 13.0. The number of esters is 1. The Hall–Kier alpha value is -3.28. The van der Waals surface area contributed by atoms with E-state index in [2.05, 4.69) is 10.4 Å². The summed E-state index contributed by atoms with van der Waals surface area (Å²) >= 11 is 5.79. The van der Waals surface area contributed by atoms with Gasteiger partial charge in [-0.2, -0.15) is 31.4 Å². The molecule has 2 amide bonds. The third-order valence-corrected chi connectivity index (χ3v) is 5.40. The minimum Gasteiger partial charge on any atom is -0.468 e. The molecule has 0 aliphatic carbocycles. The second-order valence-electron chi connectivity index (χ2n) is 7.53. The Morgan fingerprint density at radius 2 is 1.68 bits per heavy atom. The zero-order valence-electron chi connectivity index (χ0n) is 17.5. The second-order valence-corrected chi connectivity index (χ2v) is 7.93. The number of carbonyl (C=O) groups is 2. The number of carbonyl (C=O) groups excluding carboxylic acids is 2. The molecule has 1 N–H and O–H groups in total. The van der Waals surface area contributed by atoms with E-state index in [1.807, 2.05) is 0 Å². The number of methoxy groups -OCH3 is 1. The normalized spacial score (nSPS) is 18.5. The first-order valence-electron chi connectivity index (χ1n) is 9.47. The van der Waals surface area contributed by atoms with Crippen LogP contribution in [0.25, 0.3) is 0 Å². The predicted octanol–water partition coefficient (Wildman–Crippen LogP) is 5.81. The van der Waals surface area contributed by atoms with E-state index in [-0.39, 0.29) is 23.5 Å². The third kappa shape index (κ3) is 4.96. The van der Waals surface area contributed by atoms with Crippen molar-refractivity contribution < 1.29 is 40.7 Å². The van der Waals surface area contributed by atoms with Gasteiger partial charge in [-0.05, 0) is 43.3 Å². The van der Waals surface area contributed by atoms with Gasteiger partial charge in [0.25, 0.3) is 0 Å². The Morgan fingerprint density at radius 3 is 2.18 bits per heavy atom. The van der Waals surface area contributed by atoms with E-state index in [0.29, 0.717) is 0 Å². The van der Waals surface area contributed by atoms with E-state index in [1.54, 1.807) is 0 Å². The van der Waals surface area contributed by atoms with E-state index >= 15 is 0 Å². The van der Waals surface area contributed by atoms with Crippen LogP contribution < -0.4 is 5.32 Å². The number of amides is 2. The molecule has 6 nitrogen and oxygen atoms in total. The van der Waals surface area contributed by atoms with Gasteiger partial charge in [0.2, 0.25) is 0 Å². The number of rotatable bonds is 3. The average Bonchev–Trinajstić information content (AvgIpc) is 3.10. The Bertz CT molecular complexity index is 1150. The number of anilines is 1. The van der Waals surface area contributed by atoms with E-state index in [9.17, 15) is 35.9 Å². The first-order chi connectivity index (χ1) is 15.7. The smallest absolute Gasteiger partial charge is 0.417 e. The lowest BCUT2D eigenvalue weighted by atomic mass is 9.82. The number of halogens is 7. The molecule has 182 valence electrons. The van der Waals surface area contributed by atoms with Crippen molar-refractivity contribution in [3.63, 3.8) is 0 Å². The molecule has 2 aromatic carbocycles. The number of urea groups is 1. The van der Waals surface area contributed by atoms with Gasteiger partial charge in [0, 0.05) is 11.3 Å². The summed E-state index contributed by atoms with van der Waals surface area (Å²) in [6.45, 7) is 1.04. The summed E-state index contributed by atoms with van der Waals surface area (Å²) in [5.74, 6) is -0.813. The zero-order valence-corrected chi connectivity index (χ0v) is 18.3. The number of hydrogen-bond donors (Lipinski definition) is 1. The van der Waals surface area contributed by atoms with Crippen molar-refractivity contribution in [2.45, 2.75) is 19.3 Å². The van der Waals surface area contributed by atoms with Crippen LogP contribution in [0.15, 0.2) is 47.6 Å². The van der Waals surface area contributed by atoms with E-state index in [4.69, 9.17) is 16.3 Å². The van der Waals surface area contributed by atoms with E-state index < -0.39 is 45.9 Å². The van der Waals surface area contributed by atoms with Crippen molar-refractivity contribution in [2.24, 2.45) is 10.5 Å². The molecule has 34 heavy (non-hydrogen) atoms. The van der Waals surface area contributed by atoms with Gasteiger partial charge in [-0.1, -0.05) is 17.7 Å². The molecule has 0 saturated carbocycles. The molecule has 1 aliphatic rings. The van der Waals surface area contributed by atoms with Gasteiger partial charge >= 0.3 is 24.4 Å². The van der Waals surface area contributed by atoms with Crippen LogP contribution in [-0.2, 0) is 21.9 Å². The summed E-state index contributed by atoms with van der Waals surface area (Å²) in [6.07, 6.45) is -9.26. The monoisotopic (exact) mass is 507 g/mol. The molecule has 3 rings (SSSR count). The summed E-state index contributed by atoms with van der Waals surface area (Å²) < 4.78 is 82.1. The molecule has 0 aromatic heterocycles. The van der Waals surface area contributed by atoms with Crippen molar-refractivity contribution in [2.75, 3.05) is 19.0 Å². The molecular formula is C21H16ClF6N3O3. The molecule has 1 aliphatic heterocycles. The molecule has 0 fully saturated rings. The van der Waals surface area contributed by atoms with Crippen LogP contribution in [0.3, 0.4) is 0 Å². The summed E-state index contributed by atoms with van der Waals surface area (Å²) in [5, 5.41) is 6.64. The predicted molar refractivity (Wildman–Crippen MR) is 110 cm³/mol. The van der Waals surface area contributed by atoms with Crippen LogP contribution in [0.4, 0.5) is 36.8 Å². The molecular weight excluding hydrogens is 492 g/mol. The van der Waals surface area contributed by atoms with Crippen molar-refractivity contribution in [1.29, 1.82) is 0 Å². The topological polar surface area (TPSA) is 71.0 Å². The summed E-state index contributed by atoms with van der Waals surface area (Å²) in [7, 11) is 1.09. The number of hydrogen-bond acceptors (Lipinski definition) is 4. The van der Waals surface area contributed by atoms with Gasteiger partial charge in [-0.3, -0.25) is 4.79 Å². The molecule has 2 aromatic rings. The van der Waals surface area contributed by atoms with Crippen molar-refractivity contribution in [3.8, 4) is 0 Å². The van der Waals surface area contributed by atoms with E-state index in [1.165, 1.54) is 6.92 Å². The summed E-state index contributed by atoms with van der Waals surface area (Å²) in [4.78, 5) is 25.2. The highest BCUT2D eigenvalue weighted by Crippen LogP contribution is 2.38. The molecule has 0 bridgehead atoms. The van der Waals surface area contributed by atoms with Crippen molar-refractivity contribution in [1.82, 2.24) is 5.01 Å². The first-order valence-corrected chi connectivity index (χ1v) is 9.85. The lowest BCUT2D eigenvalue weighted by Crippen LogP contribution is -2.42. The fraction of sp³-hybridized carbons (Fsp3) is 0.286. The molecule has 0 saturated heterocycles. The van der Waals surface area contributed by atoms with Gasteiger partial charge in [0.1, 0.15) is 5.41 Å². The molecule has 1 unspecified atom stereocenters. The van der Waals surface area contributed by atoms with Crippen LogP contribution in [-0.4, -0.2) is 36.4 Å². The lowest BCUT2D eigenvalue weighted by Gasteiger charge is -2.23. The quantitative estimate of drug-likeness (QED) is 0.421. The summed E-state index contributed by atoms with van der Waals surface area (Å²) in [5.41, 5.74) is -3.56. The molecule has 0 spiro atoms. The van der Waals surface area contributed by atoms with Gasteiger partial charge in [0.05, 0.1) is 35.5 Å². The van der Waals surface area contributed by atoms with Gasteiger partial charge in [-0.25, -0.2) is 9.80 Å². The molecule has 1 atom stereocenters. The number of nitrogens with one attached hydrogen (secondary N) is 1. The Labute approximate surface area is 194 Å². The third-order valence-electron chi connectivity index (χ3n) is 5.09. The van der Waals surface area contributed by atoms with Gasteiger partial charge < -0.3 is 10.1 Å². The fourth-order valence-electron chi connectivity index (χ4n) is 3.34. The Kier molecular flexibility index (Phi) is 6.57. The summed E-state index contributed by atoms with van der Waals surface area (Å²) in [6, 6.07) is 5.50. The Balaban J connectivity index is 1.92. The highest BCUT2D eigenvalue weighted by molar-refractivity contribution is 6.32. The first kappa shape index (κ1) is 25.3. The van der Waals surface area contributed by atoms with Crippen LogP contribution >= 0.6 is 11.6 Å². The average molecular weight is 508 g/mol. The Morgan fingerprint density at radius 1 is 1.06 bits per heavy atom. The van der Waals surface area contributed by atoms with Gasteiger partial charge in [0.15, 0.2) is 0 Å². The number of nitrogens with zero attached hydrogens (tertiary/aromatic N) is 2. The second kappa shape index (κ2) is 8.82. The highest BCUT2D eigenvalue weighted by Gasteiger charge is 2.48. The minimum atomic E-state index is -4.70. The van der Waals surface area contributed by atoms with Crippen LogP contribution in [0.1, 0.15) is 23.6 Å². The molecule has 0 radical (unpaired) electrons. The SMILES string of the molecule is COC(=O)C1(C)CN(C(=O)Nc2ccc(C(F)(F)F)cc2)N=C1c1ccc(C(F)(F)F)c(Cl)c1. The maximum Gasteiger partial charge on any atom is 0.417 e. The van der Waals surface area contributed by atoms with Crippen LogP contribution in [0.2, 0.25) is 5.02 Å². The standard InChI is InChI=1S/C21H16ClF6N3O3/c1-19(17(32)34-2)10-31(18(33)29-13-6-4-12(5-7-13)20(23,24)25)30-16(19)11-3-8-14(15(22)9-11)21(26,27)28/h3-9H,10H2,1-2H3,(H,29,33). The number of alkyl halides is 6. The lowest BCUT2D eigenvalue weighted by molar-refractivity contribution is -0.147. The van der Waals surface area contributed by atoms with Crippen molar-refractivity contribution in [3.05, 3.63) is 64.2 Å². The largest absolute Gasteiger partial charge is 0.468 e. The maximum atomic E-state index is 13.0. The fourth-order valence-corrected chi connectivity index (χ4v) is 3.63. The highest BCUT2D eigenvalue weighted by atomic mass is 35.5. The zero-order chi connectivity index (χ0) is 25.5. The molecule has 13 heteroatoms. The van der Waals surface area contributed by atoms with Crippen LogP contribution in [0, 0.1) is 5.41 Å². The number of hydrazone groups is 1. The minimum absolute atomic E-state index is 0.0268. The van der Waals surface area contributed by atoms with Crippen LogP contribution in [0.5, 0.6) is 0 Å². The molecule has 1 heterocycles. The number of benzene rings is 2.